The van der Waals surface area contributed by atoms with Crippen molar-refractivity contribution in [1.82, 2.24) is 15.2 Å². The van der Waals surface area contributed by atoms with Gasteiger partial charge in [0.15, 0.2) is 0 Å². The Morgan fingerprint density at radius 1 is 1.40 bits per heavy atom. The van der Waals surface area contributed by atoms with E-state index in [4.69, 9.17) is 0 Å². The lowest BCUT2D eigenvalue weighted by Crippen LogP contribution is -2.31. The van der Waals surface area contributed by atoms with Crippen molar-refractivity contribution in [3.8, 4) is 0 Å². The minimum atomic E-state index is 0.910. The molecule has 0 saturated carbocycles. The molecule has 2 N–H and O–H groups in total. The Labute approximate surface area is 100 Å². The van der Waals surface area contributed by atoms with Crippen LogP contribution < -0.4 is 5.32 Å². The summed E-state index contributed by atoms with van der Waals surface area (Å²) in [7, 11) is 0. The third-order valence-electron chi connectivity index (χ3n) is 2.52. The van der Waals surface area contributed by atoms with Gasteiger partial charge in [0.25, 0.3) is 0 Å². The maximum absolute atomic E-state index is 3.42. The van der Waals surface area contributed by atoms with Crippen LogP contribution in [0.4, 0.5) is 0 Å². The first-order valence-corrected chi connectivity index (χ1v) is 6.31. The maximum atomic E-state index is 3.42. The van der Waals surface area contributed by atoms with Crippen LogP contribution in [0.1, 0.15) is 19.5 Å². The molecule has 1 heterocycles. The molecular formula is C11H20BrN3. The van der Waals surface area contributed by atoms with E-state index >= 15 is 0 Å². The number of rotatable bonds is 7. The Morgan fingerprint density at radius 2 is 2.13 bits per heavy atom. The van der Waals surface area contributed by atoms with Crippen molar-refractivity contribution in [1.29, 1.82) is 0 Å². The van der Waals surface area contributed by atoms with Gasteiger partial charge < -0.3 is 15.2 Å². The zero-order chi connectivity index (χ0) is 11.1. The second-order valence-electron chi connectivity index (χ2n) is 3.55. The van der Waals surface area contributed by atoms with Crippen LogP contribution in [0.3, 0.4) is 0 Å². The molecule has 0 aliphatic rings. The lowest BCUT2D eigenvalue weighted by Gasteiger charge is -2.17. The van der Waals surface area contributed by atoms with Gasteiger partial charge in [-0.05, 0) is 35.1 Å². The standard InChI is InChI=1S/C11H20BrN3/c1-3-15(4-2)6-5-13-9-11-7-10(12)8-14-11/h7-8,13-14H,3-6,9H2,1-2H3. The van der Waals surface area contributed by atoms with Crippen molar-refractivity contribution in [2.75, 3.05) is 26.2 Å². The minimum absolute atomic E-state index is 0.910. The number of H-pyrrole nitrogens is 1. The number of hydrogen-bond acceptors (Lipinski definition) is 2. The highest BCUT2D eigenvalue weighted by molar-refractivity contribution is 9.10. The lowest BCUT2D eigenvalue weighted by molar-refractivity contribution is 0.302. The van der Waals surface area contributed by atoms with E-state index in [1.165, 1.54) is 5.69 Å². The van der Waals surface area contributed by atoms with E-state index in [0.29, 0.717) is 0 Å². The third-order valence-corrected chi connectivity index (χ3v) is 2.98. The summed E-state index contributed by atoms with van der Waals surface area (Å²) in [4.78, 5) is 5.61. The molecule has 0 bridgehead atoms. The predicted octanol–water partition coefficient (Wildman–Crippen LogP) is 2.21. The molecule has 0 spiro atoms. The van der Waals surface area contributed by atoms with Crippen LogP contribution >= 0.6 is 15.9 Å². The summed E-state index contributed by atoms with van der Waals surface area (Å²) in [5, 5.41) is 3.42. The van der Waals surface area contributed by atoms with Crippen molar-refractivity contribution in [2.24, 2.45) is 0 Å². The summed E-state index contributed by atoms with van der Waals surface area (Å²) in [5.41, 5.74) is 1.22. The summed E-state index contributed by atoms with van der Waals surface area (Å²) in [6, 6.07) is 2.10. The highest BCUT2D eigenvalue weighted by Crippen LogP contribution is 2.09. The first-order chi connectivity index (χ1) is 7.26. The Morgan fingerprint density at radius 3 is 2.67 bits per heavy atom. The summed E-state index contributed by atoms with van der Waals surface area (Å²) < 4.78 is 1.11. The van der Waals surface area contributed by atoms with Gasteiger partial charge in [0.1, 0.15) is 0 Å². The Hall–Kier alpha value is -0.320. The minimum Gasteiger partial charge on any atom is -0.363 e. The van der Waals surface area contributed by atoms with E-state index in [1.807, 2.05) is 6.20 Å². The zero-order valence-electron chi connectivity index (χ0n) is 9.52. The molecule has 4 heteroatoms. The molecule has 0 atom stereocenters. The molecule has 0 radical (unpaired) electrons. The summed E-state index contributed by atoms with van der Waals surface area (Å²) >= 11 is 3.42. The van der Waals surface area contributed by atoms with Gasteiger partial charge >= 0.3 is 0 Å². The largest absolute Gasteiger partial charge is 0.363 e. The van der Waals surface area contributed by atoms with Gasteiger partial charge in [-0.25, -0.2) is 0 Å². The molecule has 0 saturated heterocycles. The van der Waals surface area contributed by atoms with Gasteiger partial charge in [-0.1, -0.05) is 13.8 Å². The maximum Gasteiger partial charge on any atom is 0.0358 e. The monoisotopic (exact) mass is 273 g/mol. The van der Waals surface area contributed by atoms with Gasteiger partial charge in [-0.3, -0.25) is 0 Å². The van der Waals surface area contributed by atoms with E-state index in [-0.39, 0.29) is 0 Å². The fourth-order valence-corrected chi connectivity index (χ4v) is 1.90. The number of nitrogens with one attached hydrogen (secondary N) is 2. The highest BCUT2D eigenvalue weighted by Gasteiger charge is 1.99. The van der Waals surface area contributed by atoms with E-state index in [0.717, 1.165) is 37.2 Å². The lowest BCUT2D eigenvalue weighted by atomic mass is 10.4. The summed E-state index contributed by atoms with van der Waals surface area (Å²) in [6.07, 6.45) is 1.96. The topological polar surface area (TPSA) is 31.1 Å². The predicted molar refractivity (Wildman–Crippen MR) is 68.0 cm³/mol. The van der Waals surface area contributed by atoms with Gasteiger partial charge in [0.2, 0.25) is 0 Å². The molecular weight excluding hydrogens is 254 g/mol. The first-order valence-electron chi connectivity index (χ1n) is 5.52. The average molecular weight is 274 g/mol. The highest BCUT2D eigenvalue weighted by atomic mass is 79.9. The molecule has 1 aromatic rings. The van der Waals surface area contributed by atoms with Crippen LogP contribution in [0.5, 0.6) is 0 Å². The summed E-state index contributed by atoms with van der Waals surface area (Å²) in [6.45, 7) is 9.73. The Kier molecular flexibility index (Phi) is 5.98. The van der Waals surface area contributed by atoms with Gasteiger partial charge in [0.05, 0.1) is 0 Å². The number of aromatic nitrogens is 1. The number of aromatic amines is 1. The number of likely N-dealkylation sites (N-methyl/N-ethyl adjacent to an activating group) is 1. The quantitative estimate of drug-likeness (QED) is 0.747. The van der Waals surface area contributed by atoms with Crippen LogP contribution in [0.25, 0.3) is 0 Å². The normalized spacial score (nSPS) is 11.2. The molecule has 3 nitrogen and oxygen atoms in total. The van der Waals surface area contributed by atoms with Crippen molar-refractivity contribution >= 4 is 15.9 Å². The van der Waals surface area contributed by atoms with Crippen molar-refractivity contribution < 1.29 is 0 Å². The fraction of sp³-hybridized carbons (Fsp3) is 0.636. The van der Waals surface area contributed by atoms with E-state index in [2.05, 4.69) is 51.0 Å². The molecule has 15 heavy (non-hydrogen) atoms. The fourth-order valence-electron chi connectivity index (χ4n) is 1.51. The SMILES string of the molecule is CCN(CC)CCNCc1cc(Br)c[nH]1. The van der Waals surface area contributed by atoms with Gasteiger partial charge in [-0.15, -0.1) is 0 Å². The van der Waals surface area contributed by atoms with Gasteiger partial charge in [0, 0.05) is 36.0 Å². The molecule has 0 amide bonds. The van der Waals surface area contributed by atoms with Crippen LogP contribution in [0.15, 0.2) is 16.7 Å². The van der Waals surface area contributed by atoms with Gasteiger partial charge in [-0.2, -0.15) is 0 Å². The molecule has 1 aromatic heterocycles. The summed E-state index contributed by atoms with van der Waals surface area (Å²) in [5.74, 6) is 0. The van der Waals surface area contributed by atoms with E-state index < -0.39 is 0 Å². The van der Waals surface area contributed by atoms with Crippen molar-refractivity contribution in [3.63, 3.8) is 0 Å². The van der Waals surface area contributed by atoms with Crippen LogP contribution in [0, 0.1) is 0 Å². The molecule has 0 aromatic carbocycles. The van der Waals surface area contributed by atoms with E-state index in [1.54, 1.807) is 0 Å². The molecule has 0 fully saturated rings. The van der Waals surface area contributed by atoms with E-state index in [9.17, 15) is 0 Å². The van der Waals surface area contributed by atoms with Crippen LogP contribution in [0.2, 0.25) is 0 Å². The number of halogens is 1. The number of hydrogen-bond donors (Lipinski definition) is 2. The van der Waals surface area contributed by atoms with Crippen LogP contribution in [-0.2, 0) is 6.54 Å². The zero-order valence-corrected chi connectivity index (χ0v) is 11.1. The Balaban J connectivity index is 2.11. The third kappa shape index (κ3) is 4.82. The average Bonchev–Trinajstić information content (AvgIpc) is 2.65. The van der Waals surface area contributed by atoms with Crippen molar-refractivity contribution in [2.45, 2.75) is 20.4 Å². The second-order valence-corrected chi connectivity index (χ2v) is 4.46. The van der Waals surface area contributed by atoms with Crippen LogP contribution in [-0.4, -0.2) is 36.1 Å². The molecule has 0 aliphatic heterocycles. The smallest absolute Gasteiger partial charge is 0.0358 e. The molecule has 0 aliphatic carbocycles. The van der Waals surface area contributed by atoms with Crippen molar-refractivity contribution in [3.05, 3.63) is 22.4 Å². The molecule has 86 valence electrons. The first kappa shape index (κ1) is 12.7. The second kappa shape index (κ2) is 7.04. The number of nitrogens with zero attached hydrogens (tertiary/aromatic N) is 1. The Bertz CT molecular complexity index is 269. The molecule has 1 rings (SSSR count). The molecule has 0 unspecified atom stereocenters.